The quantitative estimate of drug-likeness (QED) is 0.714. The van der Waals surface area contributed by atoms with Crippen molar-refractivity contribution >= 4 is 16.6 Å². The van der Waals surface area contributed by atoms with E-state index >= 15 is 0 Å². The van der Waals surface area contributed by atoms with Crippen LogP contribution in [0.3, 0.4) is 0 Å². The van der Waals surface area contributed by atoms with Gasteiger partial charge in [-0.15, -0.1) is 0 Å². The maximum absolute atomic E-state index is 11.8. The van der Waals surface area contributed by atoms with Crippen LogP contribution in [-0.2, 0) is 15.6 Å². The SMILES string of the molecule is CC(=O)CCCCS(=O)c1ccc(C)cc1. The van der Waals surface area contributed by atoms with Crippen molar-refractivity contribution in [3.05, 3.63) is 29.8 Å². The zero-order chi connectivity index (χ0) is 12.0. The molecule has 1 aromatic rings. The molecular weight excluding hydrogens is 220 g/mol. The molecule has 0 amide bonds. The second-order valence-electron chi connectivity index (χ2n) is 4.02. The van der Waals surface area contributed by atoms with E-state index in [4.69, 9.17) is 0 Å². The number of carbonyl (C=O) groups is 1. The molecule has 1 rings (SSSR count). The van der Waals surface area contributed by atoms with Gasteiger partial charge in [0.05, 0.1) is 10.8 Å². The first-order valence-electron chi connectivity index (χ1n) is 5.54. The molecule has 0 aliphatic carbocycles. The Kier molecular flexibility index (Phi) is 5.39. The minimum atomic E-state index is -0.918. The van der Waals surface area contributed by atoms with Crippen molar-refractivity contribution in [3.63, 3.8) is 0 Å². The van der Waals surface area contributed by atoms with Gasteiger partial charge in [-0.1, -0.05) is 17.7 Å². The van der Waals surface area contributed by atoms with Crippen LogP contribution >= 0.6 is 0 Å². The topological polar surface area (TPSA) is 34.1 Å². The summed E-state index contributed by atoms with van der Waals surface area (Å²) in [5, 5.41) is 0. The van der Waals surface area contributed by atoms with Crippen molar-refractivity contribution in [1.29, 1.82) is 0 Å². The minimum absolute atomic E-state index is 0.209. The molecule has 0 fully saturated rings. The average Bonchev–Trinajstić information content (AvgIpc) is 2.25. The lowest BCUT2D eigenvalue weighted by Gasteiger charge is -2.02. The van der Waals surface area contributed by atoms with E-state index in [0.717, 1.165) is 17.7 Å². The Morgan fingerprint density at radius 1 is 1.19 bits per heavy atom. The van der Waals surface area contributed by atoms with Gasteiger partial charge < -0.3 is 4.79 Å². The van der Waals surface area contributed by atoms with Crippen molar-refractivity contribution in [2.75, 3.05) is 5.75 Å². The minimum Gasteiger partial charge on any atom is -0.300 e. The zero-order valence-electron chi connectivity index (χ0n) is 9.86. The highest BCUT2D eigenvalue weighted by molar-refractivity contribution is 7.85. The van der Waals surface area contributed by atoms with Crippen LogP contribution in [0.5, 0.6) is 0 Å². The van der Waals surface area contributed by atoms with Crippen molar-refractivity contribution in [2.45, 2.75) is 38.0 Å². The molecule has 0 saturated heterocycles. The van der Waals surface area contributed by atoms with E-state index in [0.29, 0.717) is 12.2 Å². The van der Waals surface area contributed by atoms with E-state index in [1.54, 1.807) is 6.92 Å². The van der Waals surface area contributed by atoms with Crippen LogP contribution in [0.2, 0.25) is 0 Å². The molecule has 3 heteroatoms. The Labute approximate surface area is 99.5 Å². The summed E-state index contributed by atoms with van der Waals surface area (Å²) in [5.41, 5.74) is 1.18. The molecule has 0 N–H and O–H groups in total. The first kappa shape index (κ1) is 13.1. The van der Waals surface area contributed by atoms with Crippen LogP contribution in [0.4, 0.5) is 0 Å². The summed E-state index contributed by atoms with van der Waals surface area (Å²) >= 11 is 0. The van der Waals surface area contributed by atoms with Gasteiger partial charge in [-0.25, -0.2) is 0 Å². The standard InChI is InChI=1S/C13H18O2S/c1-11-6-8-13(9-7-11)16(15)10-4-3-5-12(2)14/h6-9H,3-5,10H2,1-2H3. The number of unbranched alkanes of at least 4 members (excludes halogenated alkanes) is 1. The number of hydrogen-bond donors (Lipinski definition) is 0. The molecular formula is C13H18O2S. The average molecular weight is 238 g/mol. The predicted octanol–water partition coefficient (Wildman–Crippen LogP) is 2.86. The molecule has 88 valence electrons. The molecule has 1 atom stereocenters. The van der Waals surface area contributed by atoms with E-state index in [9.17, 15) is 9.00 Å². The number of hydrogen-bond acceptors (Lipinski definition) is 2. The van der Waals surface area contributed by atoms with Crippen molar-refractivity contribution < 1.29 is 9.00 Å². The van der Waals surface area contributed by atoms with Crippen LogP contribution in [0.15, 0.2) is 29.2 Å². The molecule has 0 heterocycles. The Balaban J connectivity index is 2.35. The smallest absolute Gasteiger partial charge is 0.129 e. The Morgan fingerprint density at radius 2 is 1.81 bits per heavy atom. The number of carbonyl (C=O) groups excluding carboxylic acids is 1. The molecule has 0 spiro atoms. The fourth-order valence-electron chi connectivity index (χ4n) is 1.42. The van der Waals surface area contributed by atoms with E-state index in [2.05, 4.69) is 0 Å². The summed E-state index contributed by atoms with van der Waals surface area (Å²) in [6, 6.07) is 7.78. The summed E-state index contributed by atoms with van der Waals surface area (Å²) < 4.78 is 11.8. The van der Waals surface area contributed by atoms with Crippen LogP contribution in [0, 0.1) is 6.92 Å². The van der Waals surface area contributed by atoms with Crippen molar-refractivity contribution in [3.8, 4) is 0 Å². The van der Waals surface area contributed by atoms with Gasteiger partial charge in [-0.3, -0.25) is 4.21 Å². The Morgan fingerprint density at radius 3 is 2.38 bits per heavy atom. The fraction of sp³-hybridized carbons (Fsp3) is 0.462. The third-order valence-electron chi connectivity index (χ3n) is 2.39. The van der Waals surface area contributed by atoms with E-state index in [1.165, 1.54) is 5.56 Å². The molecule has 0 saturated carbocycles. The molecule has 0 aromatic heterocycles. The number of Topliss-reactive ketones (excluding diaryl/α,β-unsaturated/α-hetero) is 1. The molecule has 0 radical (unpaired) electrons. The number of rotatable bonds is 6. The number of aryl methyl sites for hydroxylation is 1. The van der Waals surface area contributed by atoms with Crippen LogP contribution in [-0.4, -0.2) is 15.7 Å². The third kappa shape index (κ3) is 4.71. The fourth-order valence-corrected chi connectivity index (χ4v) is 2.56. The van der Waals surface area contributed by atoms with Crippen LogP contribution in [0.25, 0.3) is 0 Å². The maximum Gasteiger partial charge on any atom is 0.129 e. The normalized spacial score (nSPS) is 12.4. The largest absolute Gasteiger partial charge is 0.300 e. The summed E-state index contributed by atoms with van der Waals surface area (Å²) in [6.07, 6.45) is 2.29. The molecule has 2 nitrogen and oxygen atoms in total. The van der Waals surface area contributed by atoms with Crippen LogP contribution in [0.1, 0.15) is 31.7 Å². The van der Waals surface area contributed by atoms with Crippen molar-refractivity contribution in [1.82, 2.24) is 0 Å². The predicted molar refractivity (Wildman–Crippen MR) is 67.0 cm³/mol. The summed E-state index contributed by atoms with van der Waals surface area (Å²) in [4.78, 5) is 11.6. The van der Waals surface area contributed by atoms with Gasteiger partial charge in [0.15, 0.2) is 0 Å². The lowest BCUT2D eigenvalue weighted by Crippen LogP contribution is -1.99. The zero-order valence-corrected chi connectivity index (χ0v) is 10.7. The first-order chi connectivity index (χ1) is 7.59. The lowest BCUT2D eigenvalue weighted by molar-refractivity contribution is -0.117. The van der Waals surface area contributed by atoms with Gasteiger partial charge >= 0.3 is 0 Å². The van der Waals surface area contributed by atoms with Gasteiger partial charge in [0.1, 0.15) is 5.78 Å². The Hall–Kier alpha value is -0.960. The summed E-state index contributed by atoms with van der Waals surface area (Å²) in [5.74, 6) is 0.859. The second kappa shape index (κ2) is 6.59. The second-order valence-corrected chi connectivity index (χ2v) is 5.59. The van der Waals surface area contributed by atoms with E-state index in [-0.39, 0.29) is 5.78 Å². The molecule has 0 aliphatic heterocycles. The summed E-state index contributed by atoms with van der Waals surface area (Å²) in [6.45, 7) is 3.61. The van der Waals surface area contributed by atoms with Crippen LogP contribution < -0.4 is 0 Å². The molecule has 0 bridgehead atoms. The number of ketones is 1. The van der Waals surface area contributed by atoms with Gasteiger partial charge in [-0.2, -0.15) is 0 Å². The molecule has 1 unspecified atom stereocenters. The highest BCUT2D eigenvalue weighted by Crippen LogP contribution is 2.10. The van der Waals surface area contributed by atoms with Gasteiger partial charge in [-0.05, 0) is 38.8 Å². The highest BCUT2D eigenvalue weighted by atomic mass is 32.2. The van der Waals surface area contributed by atoms with E-state index in [1.807, 2.05) is 31.2 Å². The van der Waals surface area contributed by atoms with E-state index < -0.39 is 10.8 Å². The highest BCUT2D eigenvalue weighted by Gasteiger charge is 2.03. The summed E-state index contributed by atoms with van der Waals surface area (Å²) in [7, 11) is -0.918. The lowest BCUT2D eigenvalue weighted by atomic mass is 10.2. The first-order valence-corrected chi connectivity index (χ1v) is 6.86. The van der Waals surface area contributed by atoms with Gasteiger partial charge in [0, 0.05) is 17.1 Å². The monoisotopic (exact) mass is 238 g/mol. The van der Waals surface area contributed by atoms with Crippen molar-refractivity contribution in [2.24, 2.45) is 0 Å². The third-order valence-corrected chi connectivity index (χ3v) is 3.85. The molecule has 1 aromatic carbocycles. The maximum atomic E-state index is 11.8. The Bertz CT molecular complexity index is 368. The molecule has 0 aliphatic rings. The van der Waals surface area contributed by atoms with Gasteiger partial charge in [0.2, 0.25) is 0 Å². The number of benzene rings is 1. The van der Waals surface area contributed by atoms with Gasteiger partial charge in [0.25, 0.3) is 0 Å². The molecule has 16 heavy (non-hydrogen) atoms.